The van der Waals surface area contributed by atoms with Gasteiger partial charge in [-0.25, -0.2) is 4.79 Å². The Morgan fingerprint density at radius 3 is 2.71 bits per heavy atom. The van der Waals surface area contributed by atoms with Gasteiger partial charge < -0.3 is 19.8 Å². The van der Waals surface area contributed by atoms with Gasteiger partial charge in [-0.2, -0.15) is 0 Å². The largest absolute Gasteiger partial charge is 0.496 e. The number of esters is 1. The number of hydrogen-bond donors (Lipinski definition) is 1. The van der Waals surface area contributed by atoms with E-state index < -0.39 is 5.97 Å². The van der Waals surface area contributed by atoms with E-state index in [0.29, 0.717) is 17.1 Å². The first-order valence-electron chi connectivity index (χ1n) is 6.52. The predicted octanol–water partition coefficient (Wildman–Crippen LogP) is 1.98. The van der Waals surface area contributed by atoms with E-state index in [4.69, 9.17) is 15.2 Å². The highest BCUT2D eigenvalue weighted by Gasteiger charge is 2.15. The van der Waals surface area contributed by atoms with E-state index in [1.54, 1.807) is 37.2 Å². The van der Waals surface area contributed by atoms with E-state index in [9.17, 15) is 4.79 Å². The molecule has 0 aliphatic rings. The molecule has 0 saturated carbocycles. The van der Waals surface area contributed by atoms with Crippen LogP contribution in [0, 0.1) is 13.8 Å². The molecule has 2 rings (SSSR count). The maximum atomic E-state index is 12.0. The molecule has 6 nitrogen and oxygen atoms in total. The number of hydrogen-bond acceptors (Lipinski definition) is 5. The normalized spacial score (nSPS) is 10.5. The standard InChI is InChI=1S/C15H19N3O3/c1-9-6-17-12(10(2)14(9)20-4)8-21-15(19)13-5-11(16)7-18(13)3/h5-7H,8,16H2,1-4H3. The van der Waals surface area contributed by atoms with Gasteiger partial charge in [-0.05, 0) is 19.9 Å². The third kappa shape index (κ3) is 2.99. The number of rotatable bonds is 4. The Morgan fingerprint density at radius 1 is 1.43 bits per heavy atom. The van der Waals surface area contributed by atoms with E-state index in [1.807, 2.05) is 13.8 Å². The zero-order valence-corrected chi connectivity index (χ0v) is 12.6. The van der Waals surface area contributed by atoms with Crippen LogP contribution in [-0.4, -0.2) is 22.6 Å². The minimum Gasteiger partial charge on any atom is -0.496 e. The summed E-state index contributed by atoms with van der Waals surface area (Å²) in [4.78, 5) is 16.3. The minimum atomic E-state index is -0.435. The molecule has 2 aromatic rings. The summed E-state index contributed by atoms with van der Waals surface area (Å²) < 4.78 is 12.3. The van der Waals surface area contributed by atoms with Gasteiger partial charge in [0.1, 0.15) is 18.1 Å². The summed E-state index contributed by atoms with van der Waals surface area (Å²) in [5.74, 6) is 0.328. The maximum Gasteiger partial charge on any atom is 0.355 e. The Hall–Kier alpha value is -2.50. The Bertz CT molecular complexity index is 677. The summed E-state index contributed by atoms with van der Waals surface area (Å²) in [5, 5.41) is 0. The first-order valence-corrected chi connectivity index (χ1v) is 6.52. The predicted molar refractivity (Wildman–Crippen MR) is 79.2 cm³/mol. The number of nitrogen functional groups attached to an aromatic ring is 1. The smallest absolute Gasteiger partial charge is 0.355 e. The fraction of sp³-hybridized carbons (Fsp3) is 0.333. The van der Waals surface area contributed by atoms with Crippen LogP contribution in [0.4, 0.5) is 5.69 Å². The zero-order valence-electron chi connectivity index (χ0n) is 12.6. The molecule has 112 valence electrons. The van der Waals surface area contributed by atoms with Crippen molar-refractivity contribution in [1.82, 2.24) is 9.55 Å². The van der Waals surface area contributed by atoms with Crippen molar-refractivity contribution in [3.8, 4) is 5.75 Å². The fourth-order valence-corrected chi connectivity index (χ4v) is 2.22. The molecular weight excluding hydrogens is 270 g/mol. The highest BCUT2D eigenvalue weighted by molar-refractivity contribution is 5.89. The number of nitrogens with two attached hydrogens (primary N) is 1. The number of anilines is 1. The molecule has 0 aliphatic carbocycles. The van der Waals surface area contributed by atoms with Crippen molar-refractivity contribution in [2.75, 3.05) is 12.8 Å². The van der Waals surface area contributed by atoms with Crippen molar-refractivity contribution in [2.24, 2.45) is 7.05 Å². The molecule has 2 aromatic heterocycles. The first-order chi connectivity index (χ1) is 9.93. The third-order valence-electron chi connectivity index (χ3n) is 3.32. The topological polar surface area (TPSA) is 79.4 Å². The third-order valence-corrected chi connectivity index (χ3v) is 3.32. The van der Waals surface area contributed by atoms with Crippen molar-refractivity contribution in [3.05, 3.63) is 41.0 Å². The molecule has 0 aromatic carbocycles. The molecule has 0 spiro atoms. The van der Waals surface area contributed by atoms with Crippen LogP contribution < -0.4 is 10.5 Å². The Morgan fingerprint density at radius 2 is 2.14 bits per heavy atom. The van der Waals surface area contributed by atoms with Crippen LogP contribution in [0.25, 0.3) is 0 Å². The number of nitrogens with zero attached hydrogens (tertiary/aromatic N) is 2. The van der Waals surface area contributed by atoms with E-state index >= 15 is 0 Å². The molecule has 21 heavy (non-hydrogen) atoms. The molecule has 0 fully saturated rings. The Labute approximate surface area is 123 Å². The van der Waals surface area contributed by atoms with Gasteiger partial charge in [-0.1, -0.05) is 0 Å². The summed E-state index contributed by atoms with van der Waals surface area (Å²) in [6, 6.07) is 1.58. The average Bonchev–Trinajstić information content (AvgIpc) is 2.77. The number of pyridine rings is 1. The lowest BCUT2D eigenvalue weighted by molar-refractivity contribution is 0.0455. The SMILES string of the molecule is COc1c(C)cnc(COC(=O)c2cc(N)cn2C)c1C. The molecule has 2 heterocycles. The van der Waals surface area contributed by atoms with Gasteiger partial charge in [0.15, 0.2) is 0 Å². The molecular formula is C15H19N3O3. The molecule has 0 atom stereocenters. The van der Waals surface area contributed by atoms with Crippen molar-refractivity contribution in [3.63, 3.8) is 0 Å². The summed E-state index contributed by atoms with van der Waals surface area (Å²) in [5.41, 5.74) is 9.07. The van der Waals surface area contributed by atoms with Crippen LogP contribution >= 0.6 is 0 Å². The lowest BCUT2D eigenvalue weighted by atomic mass is 10.1. The van der Waals surface area contributed by atoms with E-state index in [-0.39, 0.29) is 6.61 Å². The van der Waals surface area contributed by atoms with Crippen molar-refractivity contribution in [2.45, 2.75) is 20.5 Å². The Kier molecular flexibility index (Phi) is 4.16. The average molecular weight is 289 g/mol. The summed E-state index contributed by atoms with van der Waals surface area (Å²) in [6.07, 6.45) is 3.37. The maximum absolute atomic E-state index is 12.0. The molecule has 6 heteroatoms. The van der Waals surface area contributed by atoms with Gasteiger partial charge in [-0.15, -0.1) is 0 Å². The lowest BCUT2D eigenvalue weighted by Crippen LogP contribution is -2.11. The van der Waals surface area contributed by atoms with Gasteiger partial charge in [0.25, 0.3) is 0 Å². The monoisotopic (exact) mass is 289 g/mol. The quantitative estimate of drug-likeness (QED) is 0.871. The second-order valence-electron chi connectivity index (χ2n) is 4.89. The van der Waals surface area contributed by atoms with E-state index in [2.05, 4.69) is 4.98 Å². The number of aryl methyl sites for hydroxylation is 2. The van der Waals surface area contributed by atoms with Crippen LogP contribution in [0.1, 0.15) is 27.3 Å². The Balaban J connectivity index is 2.13. The number of carbonyl (C=O) groups is 1. The van der Waals surface area contributed by atoms with Gasteiger partial charge in [-0.3, -0.25) is 4.98 Å². The van der Waals surface area contributed by atoms with E-state index in [0.717, 1.165) is 16.9 Å². The number of aromatic nitrogens is 2. The minimum absolute atomic E-state index is 0.0897. The van der Waals surface area contributed by atoms with Gasteiger partial charge in [0, 0.05) is 30.6 Å². The lowest BCUT2D eigenvalue weighted by Gasteiger charge is -2.12. The van der Waals surface area contributed by atoms with Crippen molar-refractivity contribution in [1.29, 1.82) is 0 Å². The second kappa shape index (κ2) is 5.87. The molecule has 0 unspecified atom stereocenters. The summed E-state index contributed by atoms with van der Waals surface area (Å²) >= 11 is 0. The van der Waals surface area contributed by atoms with Crippen LogP contribution in [0.2, 0.25) is 0 Å². The molecule has 0 amide bonds. The summed E-state index contributed by atoms with van der Waals surface area (Å²) in [6.45, 7) is 3.90. The molecule has 0 bridgehead atoms. The summed E-state index contributed by atoms with van der Waals surface area (Å²) in [7, 11) is 3.35. The molecule has 0 radical (unpaired) electrons. The number of carbonyl (C=O) groups excluding carboxylic acids is 1. The van der Waals surface area contributed by atoms with Crippen molar-refractivity contribution < 1.29 is 14.3 Å². The molecule has 0 aliphatic heterocycles. The van der Waals surface area contributed by atoms with Crippen LogP contribution in [0.3, 0.4) is 0 Å². The molecule has 2 N–H and O–H groups in total. The van der Waals surface area contributed by atoms with Crippen LogP contribution in [0.15, 0.2) is 18.5 Å². The van der Waals surface area contributed by atoms with Gasteiger partial charge >= 0.3 is 5.97 Å². The highest BCUT2D eigenvalue weighted by atomic mass is 16.5. The highest BCUT2D eigenvalue weighted by Crippen LogP contribution is 2.24. The first kappa shape index (κ1) is 14.9. The van der Waals surface area contributed by atoms with Crippen LogP contribution in [0.5, 0.6) is 5.75 Å². The number of methoxy groups -OCH3 is 1. The van der Waals surface area contributed by atoms with Gasteiger partial charge in [0.2, 0.25) is 0 Å². The van der Waals surface area contributed by atoms with Crippen LogP contribution in [-0.2, 0) is 18.4 Å². The fourth-order valence-electron chi connectivity index (χ4n) is 2.22. The van der Waals surface area contributed by atoms with Gasteiger partial charge in [0.05, 0.1) is 18.5 Å². The second-order valence-corrected chi connectivity index (χ2v) is 4.89. The van der Waals surface area contributed by atoms with E-state index in [1.165, 1.54) is 0 Å². The zero-order chi connectivity index (χ0) is 15.6. The molecule has 0 saturated heterocycles. The van der Waals surface area contributed by atoms with Crippen molar-refractivity contribution >= 4 is 11.7 Å². The number of ether oxygens (including phenoxy) is 2.